The van der Waals surface area contributed by atoms with Gasteiger partial charge < -0.3 is 20.1 Å². The number of Topliss-reactive ketones (excluding diaryl/α,β-unsaturated/α-hetero) is 1. The molecule has 2 rings (SSSR count). The minimum absolute atomic E-state index is 0.0502. The summed E-state index contributed by atoms with van der Waals surface area (Å²) in [5.41, 5.74) is 1.11. The Labute approximate surface area is 140 Å². The van der Waals surface area contributed by atoms with Gasteiger partial charge in [0, 0.05) is 17.3 Å². The second-order valence-electron chi connectivity index (χ2n) is 5.05. The monoisotopic (exact) mass is 328 g/mol. The van der Waals surface area contributed by atoms with Crippen LogP contribution in [0.25, 0.3) is 0 Å². The molecule has 0 aromatic heterocycles. The molecular weight excluding hydrogens is 308 g/mol. The van der Waals surface area contributed by atoms with E-state index in [0.717, 1.165) is 0 Å². The third-order valence-corrected chi connectivity index (χ3v) is 3.22. The highest BCUT2D eigenvalue weighted by atomic mass is 16.5. The molecule has 126 valence electrons. The number of ether oxygens (including phenoxy) is 2. The quantitative estimate of drug-likeness (QED) is 0.605. The predicted molar refractivity (Wildman–Crippen MR) is 92.0 cm³/mol. The first-order valence-electron chi connectivity index (χ1n) is 7.51. The number of benzene rings is 2. The van der Waals surface area contributed by atoms with Crippen LogP contribution in [0.1, 0.15) is 17.3 Å². The van der Waals surface area contributed by atoms with Crippen LogP contribution >= 0.6 is 0 Å². The molecule has 0 aliphatic rings. The molecule has 0 bridgehead atoms. The van der Waals surface area contributed by atoms with E-state index in [2.05, 4.69) is 10.6 Å². The number of nitrogens with one attached hydrogen (secondary N) is 2. The van der Waals surface area contributed by atoms with Crippen molar-refractivity contribution in [3.63, 3.8) is 0 Å². The van der Waals surface area contributed by atoms with Crippen LogP contribution in [0.4, 0.5) is 10.5 Å². The molecule has 0 heterocycles. The predicted octanol–water partition coefficient (Wildman–Crippen LogP) is 3.10. The molecule has 0 fully saturated rings. The number of urea groups is 1. The fourth-order valence-electron chi connectivity index (χ4n) is 2.02. The van der Waals surface area contributed by atoms with Crippen molar-refractivity contribution in [2.75, 3.05) is 25.6 Å². The third kappa shape index (κ3) is 5.31. The molecule has 24 heavy (non-hydrogen) atoms. The average Bonchev–Trinajstić information content (AvgIpc) is 2.59. The fourth-order valence-corrected chi connectivity index (χ4v) is 2.02. The van der Waals surface area contributed by atoms with Crippen LogP contribution in [0.2, 0.25) is 0 Å². The number of rotatable bonds is 7. The van der Waals surface area contributed by atoms with Gasteiger partial charge >= 0.3 is 6.03 Å². The van der Waals surface area contributed by atoms with Crippen LogP contribution in [0.3, 0.4) is 0 Å². The van der Waals surface area contributed by atoms with E-state index in [1.165, 1.54) is 6.92 Å². The Balaban J connectivity index is 1.75. The van der Waals surface area contributed by atoms with Crippen molar-refractivity contribution in [1.29, 1.82) is 0 Å². The number of anilines is 1. The molecular formula is C18H20N2O4. The van der Waals surface area contributed by atoms with Crippen molar-refractivity contribution in [1.82, 2.24) is 5.32 Å². The molecule has 2 N–H and O–H groups in total. The van der Waals surface area contributed by atoms with Gasteiger partial charge in [0.1, 0.15) is 18.1 Å². The molecule has 0 aliphatic heterocycles. The number of amides is 2. The number of carbonyl (C=O) groups is 2. The van der Waals surface area contributed by atoms with Crippen molar-refractivity contribution < 1.29 is 19.1 Å². The van der Waals surface area contributed by atoms with E-state index in [1.807, 2.05) is 18.2 Å². The second-order valence-corrected chi connectivity index (χ2v) is 5.05. The number of methoxy groups -OCH3 is 1. The lowest BCUT2D eigenvalue weighted by Crippen LogP contribution is -2.32. The van der Waals surface area contributed by atoms with Gasteiger partial charge in [-0.2, -0.15) is 0 Å². The molecule has 6 nitrogen and oxygen atoms in total. The van der Waals surface area contributed by atoms with Gasteiger partial charge in [-0.05, 0) is 31.2 Å². The number of ketones is 1. The first-order valence-corrected chi connectivity index (χ1v) is 7.51. The van der Waals surface area contributed by atoms with E-state index in [-0.39, 0.29) is 11.8 Å². The molecule has 0 aliphatic carbocycles. The normalized spacial score (nSPS) is 9.92. The van der Waals surface area contributed by atoms with E-state index in [1.54, 1.807) is 37.4 Å². The summed E-state index contributed by atoms with van der Waals surface area (Å²) in [6.07, 6.45) is 0. The molecule has 0 spiro atoms. The average molecular weight is 328 g/mol. The molecule has 2 aromatic carbocycles. The second kappa shape index (κ2) is 8.57. The summed E-state index contributed by atoms with van der Waals surface area (Å²) in [6, 6.07) is 13.7. The van der Waals surface area contributed by atoms with Gasteiger partial charge in [0.05, 0.1) is 13.7 Å². The van der Waals surface area contributed by atoms with Crippen molar-refractivity contribution in [2.45, 2.75) is 6.92 Å². The minimum atomic E-state index is -0.357. The summed E-state index contributed by atoms with van der Waals surface area (Å²) < 4.78 is 10.6. The summed E-state index contributed by atoms with van der Waals surface area (Å²) in [7, 11) is 1.59. The maximum atomic E-state index is 11.8. The Morgan fingerprint density at radius 3 is 2.54 bits per heavy atom. The topological polar surface area (TPSA) is 76.7 Å². The Hall–Kier alpha value is -3.02. The van der Waals surface area contributed by atoms with Crippen LogP contribution in [-0.2, 0) is 0 Å². The van der Waals surface area contributed by atoms with Gasteiger partial charge in [-0.15, -0.1) is 0 Å². The van der Waals surface area contributed by atoms with E-state index in [0.29, 0.717) is 35.9 Å². The lowest BCUT2D eigenvalue weighted by atomic mass is 10.1. The van der Waals surface area contributed by atoms with Crippen molar-refractivity contribution in [2.24, 2.45) is 0 Å². The zero-order valence-electron chi connectivity index (χ0n) is 13.7. The van der Waals surface area contributed by atoms with Crippen molar-refractivity contribution in [3.05, 3.63) is 54.1 Å². The number of hydrogen-bond acceptors (Lipinski definition) is 4. The fraction of sp³-hybridized carbons (Fsp3) is 0.222. The number of hydrogen-bond donors (Lipinski definition) is 2. The van der Waals surface area contributed by atoms with E-state index >= 15 is 0 Å². The summed E-state index contributed by atoms with van der Waals surface area (Å²) in [5, 5.41) is 5.36. The molecule has 0 saturated heterocycles. The summed E-state index contributed by atoms with van der Waals surface area (Å²) in [6.45, 7) is 2.15. The maximum absolute atomic E-state index is 11.8. The molecule has 0 atom stereocenters. The molecule has 0 saturated carbocycles. The first-order chi connectivity index (χ1) is 11.6. The highest BCUT2D eigenvalue weighted by Crippen LogP contribution is 2.18. The Kier molecular flexibility index (Phi) is 6.19. The maximum Gasteiger partial charge on any atom is 0.319 e. The molecule has 0 unspecified atom stereocenters. The van der Waals surface area contributed by atoms with Gasteiger partial charge in [0.2, 0.25) is 0 Å². The van der Waals surface area contributed by atoms with Crippen LogP contribution < -0.4 is 20.1 Å². The van der Waals surface area contributed by atoms with Gasteiger partial charge in [-0.3, -0.25) is 4.79 Å². The summed E-state index contributed by atoms with van der Waals surface area (Å²) in [4.78, 5) is 23.1. The minimum Gasteiger partial charge on any atom is -0.497 e. The Morgan fingerprint density at radius 2 is 1.79 bits per heavy atom. The van der Waals surface area contributed by atoms with Crippen LogP contribution in [0, 0.1) is 0 Å². The molecule has 2 aromatic rings. The number of carbonyl (C=O) groups excluding carboxylic acids is 2. The largest absolute Gasteiger partial charge is 0.497 e. The van der Waals surface area contributed by atoms with E-state index in [4.69, 9.17) is 9.47 Å². The van der Waals surface area contributed by atoms with E-state index in [9.17, 15) is 9.59 Å². The molecule has 6 heteroatoms. The summed E-state index contributed by atoms with van der Waals surface area (Å²) >= 11 is 0. The highest BCUT2D eigenvalue weighted by Gasteiger charge is 2.04. The Morgan fingerprint density at radius 1 is 1.04 bits per heavy atom. The Bertz CT molecular complexity index is 716. The SMILES string of the molecule is COc1cccc(OCCNC(=O)Nc2cccc(C(C)=O)c2)c1. The smallest absolute Gasteiger partial charge is 0.319 e. The summed E-state index contributed by atoms with van der Waals surface area (Å²) in [5.74, 6) is 1.33. The molecule has 2 amide bonds. The van der Waals surface area contributed by atoms with Gasteiger partial charge in [-0.1, -0.05) is 18.2 Å². The standard InChI is InChI=1S/C18H20N2O4/c1-13(21)14-5-3-6-15(11-14)20-18(22)19-9-10-24-17-8-4-7-16(12-17)23-2/h3-8,11-12H,9-10H2,1-2H3,(H2,19,20,22). The van der Waals surface area contributed by atoms with Gasteiger partial charge in [-0.25, -0.2) is 4.79 Å². The van der Waals surface area contributed by atoms with Crippen LogP contribution in [0.15, 0.2) is 48.5 Å². The van der Waals surface area contributed by atoms with Crippen LogP contribution in [0.5, 0.6) is 11.5 Å². The van der Waals surface area contributed by atoms with Crippen LogP contribution in [-0.4, -0.2) is 32.1 Å². The zero-order valence-corrected chi connectivity index (χ0v) is 13.7. The zero-order chi connectivity index (χ0) is 17.4. The van der Waals surface area contributed by atoms with Gasteiger partial charge in [0.25, 0.3) is 0 Å². The molecule has 0 radical (unpaired) electrons. The first kappa shape index (κ1) is 17.3. The third-order valence-electron chi connectivity index (χ3n) is 3.22. The van der Waals surface area contributed by atoms with Crippen molar-refractivity contribution >= 4 is 17.5 Å². The van der Waals surface area contributed by atoms with Gasteiger partial charge in [0.15, 0.2) is 5.78 Å². The highest BCUT2D eigenvalue weighted by molar-refractivity contribution is 5.96. The van der Waals surface area contributed by atoms with E-state index < -0.39 is 0 Å². The van der Waals surface area contributed by atoms with Crippen molar-refractivity contribution in [3.8, 4) is 11.5 Å². The lowest BCUT2D eigenvalue weighted by Gasteiger charge is -2.10. The lowest BCUT2D eigenvalue weighted by molar-refractivity contribution is 0.101.